The highest BCUT2D eigenvalue weighted by Gasteiger charge is 2.53. The van der Waals surface area contributed by atoms with E-state index < -0.39 is 23.7 Å². The Morgan fingerprint density at radius 1 is 0.450 bits per heavy atom. The van der Waals surface area contributed by atoms with Crippen LogP contribution in [0, 0.1) is 0 Å². The molecule has 8 aromatic rings. The van der Waals surface area contributed by atoms with E-state index in [4.69, 9.17) is 9.31 Å². The maximum atomic E-state index is 6.68. The van der Waals surface area contributed by atoms with E-state index in [1.165, 1.54) is 115 Å². The van der Waals surface area contributed by atoms with Gasteiger partial charge in [0, 0.05) is 0 Å². The smallest absolute Gasteiger partial charge is 0.399 e. The molecule has 0 atom stereocenters. The summed E-state index contributed by atoms with van der Waals surface area (Å²) >= 11 is 0. The van der Waals surface area contributed by atoms with Crippen LogP contribution in [0.2, 0.25) is 0 Å². The SMILES string of the molecule is CC1(C)OB(c2ccc3c(c2)C(c2ccccc2)(c2ccccc2)c2cc(-c4c5ccccc5c(-c5ccc(C6CCCCC6)cc5)c5ccccc45)ccc2-3)OC1(C)C. The minimum Gasteiger partial charge on any atom is -0.399 e. The first-order valence-corrected chi connectivity index (χ1v) is 22.0. The molecule has 0 radical (unpaired) electrons. The molecule has 2 nitrogen and oxygen atoms in total. The lowest BCUT2D eigenvalue weighted by Gasteiger charge is -2.34. The molecule has 3 heteroatoms. The maximum Gasteiger partial charge on any atom is 0.494 e. The molecule has 2 fully saturated rings. The standard InChI is InChI=1S/C57H51BO2/c1-55(2)56(3,4)60-58(59-55)44-33-35-46-45-34-32-41(36-51(45)57(52(46)37-44,42-20-10-6-11-21-42)43-22-12-7-13-23-43)54-49-26-16-14-24-47(49)53(48-25-15-17-27-50(48)54)40-30-28-39(29-31-40)38-18-8-5-9-19-38/h6-7,10-17,20-38H,5,8-9,18-19H2,1-4H3. The number of rotatable bonds is 6. The molecular formula is C57H51BO2. The van der Waals surface area contributed by atoms with E-state index in [1.54, 1.807) is 0 Å². The Labute approximate surface area is 355 Å². The molecule has 1 saturated carbocycles. The van der Waals surface area contributed by atoms with Gasteiger partial charge in [0.2, 0.25) is 0 Å². The highest BCUT2D eigenvalue weighted by molar-refractivity contribution is 6.62. The zero-order chi connectivity index (χ0) is 40.6. The third-order valence-electron chi connectivity index (χ3n) is 14.6. The number of fused-ring (bicyclic) bond motifs is 5. The van der Waals surface area contributed by atoms with Crippen molar-refractivity contribution < 1.29 is 9.31 Å². The molecule has 2 aliphatic carbocycles. The van der Waals surface area contributed by atoms with Crippen molar-refractivity contribution in [3.63, 3.8) is 0 Å². The predicted molar refractivity (Wildman–Crippen MR) is 251 cm³/mol. The highest BCUT2D eigenvalue weighted by atomic mass is 16.7. The van der Waals surface area contributed by atoms with Crippen molar-refractivity contribution in [1.29, 1.82) is 0 Å². The normalized spacial score (nSPS) is 17.8. The first-order valence-electron chi connectivity index (χ1n) is 22.0. The van der Waals surface area contributed by atoms with Gasteiger partial charge in [0.25, 0.3) is 0 Å². The summed E-state index contributed by atoms with van der Waals surface area (Å²) in [4.78, 5) is 0. The summed E-state index contributed by atoms with van der Waals surface area (Å²) in [6.07, 6.45) is 6.68. The van der Waals surface area contributed by atoms with Crippen molar-refractivity contribution in [2.24, 2.45) is 0 Å². The second-order valence-electron chi connectivity index (χ2n) is 18.4. The molecule has 0 unspecified atom stereocenters. The van der Waals surface area contributed by atoms with Crippen LogP contribution in [0.3, 0.4) is 0 Å². The van der Waals surface area contributed by atoms with Crippen LogP contribution < -0.4 is 5.46 Å². The summed E-state index contributed by atoms with van der Waals surface area (Å²) in [7, 11) is -0.469. The second-order valence-corrected chi connectivity index (χ2v) is 18.4. The Balaban J connectivity index is 1.14. The predicted octanol–water partition coefficient (Wildman–Crippen LogP) is 14.0. The zero-order valence-electron chi connectivity index (χ0n) is 35.2. The number of benzene rings is 8. The van der Waals surface area contributed by atoms with Crippen molar-refractivity contribution in [2.75, 3.05) is 0 Å². The van der Waals surface area contributed by atoms with Crippen LogP contribution >= 0.6 is 0 Å². The van der Waals surface area contributed by atoms with Crippen molar-refractivity contribution in [3.05, 3.63) is 198 Å². The second kappa shape index (κ2) is 14.2. The Hall–Kier alpha value is -5.74. The van der Waals surface area contributed by atoms with Crippen LogP contribution in [0.15, 0.2) is 170 Å². The molecule has 1 aliphatic heterocycles. The minimum absolute atomic E-state index is 0.440. The zero-order valence-corrected chi connectivity index (χ0v) is 35.2. The third-order valence-corrected chi connectivity index (χ3v) is 14.6. The van der Waals surface area contributed by atoms with Gasteiger partial charge in [-0.1, -0.05) is 183 Å². The fourth-order valence-corrected chi connectivity index (χ4v) is 10.9. The molecular weight excluding hydrogens is 727 g/mol. The Morgan fingerprint density at radius 3 is 1.43 bits per heavy atom. The summed E-state index contributed by atoms with van der Waals surface area (Å²) in [5.41, 5.74) is 13.7. The largest absolute Gasteiger partial charge is 0.494 e. The number of hydrogen-bond donors (Lipinski definition) is 0. The Bertz CT molecular complexity index is 2790. The van der Waals surface area contributed by atoms with Crippen LogP contribution in [-0.2, 0) is 14.7 Å². The molecule has 294 valence electrons. The molecule has 1 heterocycles. The van der Waals surface area contributed by atoms with Gasteiger partial charge >= 0.3 is 7.12 Å². The fraction of sp³-hybridized carbons (Fsp3) is 0.228. The molecule has 0 bridgehead atoms. The Morgan fingerprint density at radius 2 is 0.900 bits per heavy atom. The maximum absolute atomic E-state index is 6.68. The topological polar surface area (TPSA) is 18.5 Å². The van der Waals surface area contributed by atoms with E-state index in [0.717, 1.165) is 5.46 Å². The van der Waals surface area contributed by atoms with Crippen LogP contribution in [-0.4, -0.2) is 18.3 Å². The average molecular weight is 779 g/mol. The van der Waals surface area contributed by atoms with Gasteiger partial charge in [0.15, 0.2) is 0 Å². The van der Waals surface area contributed by atoms with Gasteiger partial charge in [-0.25, -0.2) is 0 Å². The summed E-state index contributed by atoms with van der Waals surface area (Å²) in [5.74, 6) is 0.684. The van der Waals surface area contributed by atoms with Crippen molar-refractivity contribution in [1.82, 2.24) is 0 Å². The first-order chi connectivity index (χ1) is 29.2. The summed E-state index contributed by atoms with van der Waals surface area (Å²) in [5, 5.41) is 5.10. The van der Waals surface area contributed by atoms with Gasteiger partial charge in [0.1, 0.15) is 0 Å². The van der Waals surface area contributed by atoms with Gasteiger partial charge < -0.3 is 9.31 Å². The van der Waals surface area contributed by atoms with Crippen LogP contribution in [0.1, 0.15) is 93.5 Å². The van der Waals surface area contributed by atoms with Crippen LogP contribution in [0.25, 0.3) is 54.9 Å². The lowest BCUT2D eigenvalue weighted by atomic mass is 9.66. The Kier molecular flexibility index (Phi) is 8.82. The van der Waals surface area contributed by atoms with Crippen molar-refractivity contribution in [3.8, 4) is 33.4 Å². The van der Waals surface area contributed by atoms with E-state index in [0.29, 0.717) is 5.92 Å². The van der Waals surface area contributed by atoms with Crippen molar-refractivity contribution in [2.45, 2.75) is 82.3 Å². The summed E-state index contributed by atoms with van der Waals surface area (Å²) < 4.78 is 13.4. The molecule has 60 heavy (non-hydrogen) atoms. The first kappa shape index (κ1) is 37.3. The molecule has 0 amide bonds. The van der Waals surface area contributed by atoms with Crippen molar-refractivity contribution >= 4 is 34.1 Å². The van der Waals surface area contributed by atoms with E-state index in [9.17, 15) is 0 Å². The molecule has 0 spiro atoms. The van der Waals surface area contributed by atoms with E-state index in [2.05, 4.69) is 198 Å². The quantitative estimate of drug-likeness (QED) is 0.124. The van der Waals surface area contributed by atoms with Gasteiger partial charge in [-0.3, -0.25) is 0 Å². The monoisotopic (exact) mass is 778 g/mol. The van der Waals surface area contributed by atoms with Crippen LogP contribution in [0.4, 0.5) is 0 Å². The molecule has 0 N–H and O–H groups in total. The lowest BCUT2D eigenvalue weighted by molar-refractivity contribution is 0.00578. The van der Waals surface area contributed by atoms with Gasteiger partial charge in [-0.05, 0) is 141 Å². The van der Waals surface area contributed by atoms with Gasteiger partial charge in [-0.15, -0.1) is 0 Å². The van der Waals surface area contributed by atoms with Gasteiger partial charge in [-0.2, -0.15) is 0 Å². The van der Waals surface area contributed by atoms with Crippen LogP contribution in [0.5, 0.6) is 0 Å². The summed E-state index contributed by atoms with van der Waals surface area (Å²) in [6.45, 7) is 8.51. The van der Waals surface area contributed by atoms with E-state index in [1.807, 2.05) is 0 Å². The molecule has 1 saturated heterocycles. The van der Waals surface area contributed by atoms with E-state index >= 15 is 0 Å². The van der Waals surface area contributed by atoms with Gasteiger partial charge in [0.05, 0.1) is 16.6 Å². The van der Waals surface area contributed by atoms with E-state index in [-0.39, 0.29) is 0 Å². The number of hydrogen-bond acceptors (Lipinski definition) is 2. The summed E-state index contributed by atoms with van der Waals surface area (Å²) in [6, 6.07) is 64.1. The molecule has 8 aromatic carbocycles. The molecule has 0 aromatic heterocycles. The highest BCUT2D eigenvalue weighted by Crippen LogP contribution is 2.57. The fourth-order valence-electron chi connectivity index (χ4n) is 10.9. The minimum atomic E-state index is -0.589. The molecule has 3 aliphatic rings. The third kappa shape index (κ3) is 5.70. The molecule has 11 rings (SSSR count). The average Bonchev–Trinajstić information content (AvgIpc) is 3.71. The lowest BCUT2D eigenvalue weighted by Crippen LogP contribution is -2.41.